The highest BCUT2D eigenvalue weighted by Crippen LogP contribution is 2.37. The van der Waals surface area contributed by atoms with Crippen LogP contribution in [-0.2, 0) is 13.2 Å². The quantitative estimate of drug-likeness (QED) is 0.497. The molecule has 0 atom stereocenters. The van der Waals surface area contributed by atoms with Crippen LogP contribution in [-0.4, -0.2) is 7.11 Å². The Morgan fingerprint density at radius 1 is 0.893 bits per heavy atom. The molecule has 4 heteroatoms. The Kier molecular flexibility index (Phi) is 6.48. The predicted molar refractivity (Wildman–Crippen MR) is 117 cm³/mol. The van der Waals surface area contributed by atoms with E-state index >= 15 is 0 Å². The van der Waals surface area contributed by atoms with Crippen LogP contribution in [0.4, 0.5) is 5.69 Å². The lowest BCUT2D eigenvalue weighted by molar-refractivity contribution is 0.284. The van der Waals surface area contributed by atoms with Crippen LogP contribution in [0.2, 0.25) is 5.02 Å². The minimum atomic E-state index is 0.447. The maximum absolute atomic E-state index is 6.51. The van der Waals surface area contributed by atoms with Crippen LogP contribution >= 0.6 is 11.6 Å². The van der Waals surface area contributed by atoms with Crippen LogP contribution in [0.1, 0.15) is 27.8 Å². The van der Waals surface area contributed by atoms with Gasteiger partial charge in [-0.05, 0) is 72.9 Å². The summed E-state index contributed by atoms with van der Waals surface area (Å²) in [6.45, 7) is 7.39. The van der Waals surface area contributed by atoms with Crippen LogP contribution in [0, 0.1) is 20.8 Å². The molecule has 3 nitrogen and oxygen atoms in total. The van der Waals surface area contributed by atoms with E-state index in [9.17, 15) is 0 Å². The van der Waals surface area contributed by atoms with E-state index in [2.05, 4.69) is 56.4 Å². The third-order valence-corrected chi connectivity index (χ3v) is 5.21. The summed E-state index contributed by atoms with van der Waals surface area (Å²) < 4.78 is 11.5. The highest BCUT2D eigenvalue weighted by Gasteiger charge is 2.13. The Labute approximate surface area is 172 Å². The highest BCUT2D eigenvalue weighted by atomic mass is 35.5. The minimum Gasteiger partial charge on any atom is -0.493 e. The summed E-state index contributed by atoms with van der Waals surface area (Å²) >= 11 is 6.51. The van der Waals surface area contributed by atoms with Gasteiger partial charge in [-0.25, -0.2) is 0 Å². The molecule has 146 valence electrons. The van der Waals surface area contributed by atoms with Gasteiger partial charge in [0, 0.05) is 12.2 Å². The number of halogens is 1. The first-order valence-corrected chi connectivity index (χ1v) is 9.70. The zero-order chi connectivity index (χ0) is 20.1. The molecule has 0 aliphatic heterocycles. The fourth-order valence-electron chi connectivity index (χ4n) is 2.99. The molecule has 3 aromatic rings. The van der Waals surface area contributed by atoms with Crippen LogP contribution in [0.15, 0.2) is 54.6 Å². The number of rotatable bonds is 7. The molecule has 0 radical (unpaired) electrons. The third kappa shape index (κ3) is 4.79. The van der Waals surface area contributed by atoms with Gasteiger partial charge in [0.2, 0.25) is 0 Å². The van der Waals surface area contributed by atoms with Gasteiger partial charge in [0.15, 0.2) is 11.5 Å². The minimum absolute atomic E-state index is 0.447. The Morgan fingerprint density at radius 2 is 1.68 bits per heavy atom. The van der Waals surface area contributed by atoms with Gasteiger partial charge in [0.1, 0.15) is 6.61 Å². The molecule has 0 spiro atoms. The van der Waals surface area contributed by atoms with Gasteiger partial charge in [0.25, 0.3) is 0 Å². The molecular formula is C24H26ClNO2. The first-order valence-electron chi connectivity index (χ1n) is 9.32. The summed E-state index contributed by atoms with van der Waals surface area (Å²) in [6.07, 6.45) is 0. The van der Waals surface area contributed by atoms with E-state index in [1.54, 1.807) is 7.11 Å². The van der Waals surface area contributed by atoms with Crippen molar-refractivity contribution in [1.29, 1.82) is 0 Å². The number of aryl methyl sites for hydroxylation is 3. The summed E-state index contributed by atoms with van der Waals surface area (Å²) in [4.78, 5) is 0. The number of ether oxygens (including phenoxy) is 2. The molecule has 1 N–H and O–H groups in total. The van der Waals surface area contributed by atoms with E-state index in [1.807, 2.05) is 24.3 Å². The van der Waals surface area contributed by atoms with Crippen molar-refractivity contribution in [3.63, 3.8) is 0 Å². The lowest BCUT2D eigenvalue weighted by Gasteiger charge is -2.16. The lowest BCUT2D eigenvalue weighted by Crippen LogP contribution is -2.03. The first kappa shape index (κ1) is 20.1. The molecule has 0 aliphatic carbocycles. The Balaban J connectivity index is 1.73. The van der Waals surface area contributed by atoms with E-state index in [1.165, 1.54) is 16.7 Å². The molecule has 0 saturated heterocycles. The maximum atomic E-state index is 6.51. The van der Waals surface area contributed by atoms with Crippen molar-refractivity contribution in [3.8, 4) is 11.5 Å². The fraction of sp³-hybridized carbons (Fsp3) is 0.250. The lowest BCUT2D eigenvalue weighted by atomic mass is 10.1. The molecule has 0 amide bonds. The summed E-state index contributed by atoms with van der Waals surface area (Å²) in [5, 5.41) is 3.98. The van der Waals surface area contributed by atoms with Crippen molar-refractivity contribution in [1.82, 2.24) is 0 Å². The van der Waals surface area contributed by atoms with Crippen LogP contribution in [0.5, 0.6) is 11.5 Å². The molecule has 28 heavy (non-hydrogen) atoms. The van der Waals surface area contributed by atoms with E-state index in [4.69, 9.17) is 21.1 Å². The normalized spacial score (nSPS) is 10.6. The van der Waals surface area contributed by atoms with Gasteiger partial charge >= 0.3 is 0 Å². The summed E-state index contributed by atoms with van der Waals surface area (Å²) in [7, 11) is 1.63. The number of hydrogen-bond donors (Lipinski definition) is 1. The van der Waals surface area contributed by atoms with Crippen molar-refractivity contribution in [2.45, 2.75) is 33.9 Å². The number of nitrogens with one attached hydrogen (secondary N) is 1. The zero-order valence-electron chi connectivity index (χ0n) is 16.8. The summed E-state index contributed by atoms with van der Waals surface area (Å²) in [6, 6.07) is 18.4. The molecular weight excluding hydrogens is 370 g/mol. The molecule has 0 saturated carbocycles. The Hall–Kier alpha value is -2.65. The molecule has 0 fully saturated rings. The predicted octanol–water partition coefficient (Wildman–Crippen LogP) is 6.46. The van der Waals surface area contributed by atoms with Crippen molar-refractivity contribution in [3.05, 3.63) is 87.4 Å². The standard InChI is InChI=1S/C24H26ClNO2/c1-16-9-10-21(11-18(16)3)26-14-19-12-22(25)24(23(13-19)27-4)28-15-20-8-6-5-7-17(20)2/h5-13,26H,14-15H2,1-4H3. The van der Waals surface area contributed by atoms with Crippen molar-refractivity contribution >= 4 is 17.3 Å². The molecule has 0 heterocycles. The topological polar surface area (TPSA) is 30.5 Å². The molecule has 0 bridgehead atoms. The second-order valence-electron chi connectivity index (χ2n) is 6.98. The maximum Gasteiger partial charge on any atom is 0.180 e. The van der Waals surface area contributed by atoms with Crippen LogP contribution in [0.3, 0.4) is 0 Å². The molecule has 0 aromatic heterocycles. The van der Waals surface area contributed by atoms with Gasteiger partial charge in [-0.3, -0.25) is 0 Å². The monoisotopic (exact) mass is 395 g/mol. The van der Waals surface area contributed by atoms with E-state index in [0.717, 1.165) is 16.8 Å². The fourth-order valence-corrected chi connectivity index (χ4v) is 3.28. The van der Waals surface area contributed by atoms with Crippen molar-refractivity contribution in [2.24, 2.45) is 0 Å². The second-order valence-corrected chi connectivity index (χ2v) is 7.38. The van der Waals surface area contributed by atoms with E-state index in [-0.39, 0.29) is 0 Å². The molecule has 0 aliphatic rings. The van der Waals surface area contributed by atoms with Gasteiger partial charge in [-0.15, -0.1) is 0 Å². The SMILES string of the molecule is COc1cc(CNc2ccc(C)c(C)c2)cc(Cl)c1OCc1ccccc1C. The highest BCUT2D eigenvalue weighted by molar-refractivity contribution is 6.32. The van der Waals surface area contributed by atoms with Crippen LogP contribution in [0.25, 0.3) is 0 Å². The van der Waals surface area contributed by atoms with Gasteiger partial charge < -0.3 is 14.8 Å². The second kappa shape index (κ2) is 9.03. The number of benzene rings is 3. The smallest absolute Gasteiger partial charge is 0.180 e. The van der Waals surface area contributed by atoms with Crippen LogP contribution < -0.4 is 14.8 Å². The molecule has 3 rings (SSSR count). The Bertz CT molecular complexity index is 969. The third-order valence-electron chi connectivity index (χ3n) is 4.93. The van der Waals surface area contributed by atoms with Gasteiger partial charge in [-0.2, -0.15) is 0 Å². The van der Waals surface area contributed by atoms with E-state index in [0.29, 0.717) is 29.7 Å². The molecule has 3 aromatic carbocycles. The Morgan fingerprint density at radius 3 is 2.39 bits per heavy atom. The average molecular weight is 396 g/mol. The van der Waals surface area contributed by atoms with Crippen molar-refractivity contribution in [2.75, 3.05) is 12.4 Å². The number of methoxy groups -OCH3 is 1. The van der Waals surface area contributed by atoms with E-state index < -0.39 is 0 Å². The summed E-state index contributed by atoms with van der Waals surface area (Å²) in [5.41, 5.74) is 6.97. The zero-order valence-corrected chi connectivity index (χ0v) is 17.6. The average Bonchev–Trinajstić information content (AvgIpc) is 2.68. The largest absolute Gasteiger partial charge is 0.493 e. The number of anilines is 1. The first-order chi connectivity index (χ1) is 13.5. The summed E-state index contributed by atoms with van der Waals surface area (Å²) in [5.74, 6) is 1.21. The van der Waals surface area contributed by atoms with Crippen molar-refractivity contribution < 1.29 is 9.47 Å². The number of hydrogen-bond acceptors (Lipinski definition) is 3. The molecule has 0 unspecified atom stereocenters. The van der Waals surface area contributed by atoms with Gasteiger partial charge in [0.05, 0.1) is 12.1 Å². The van der Waals surface area contributed by atoms with Gasteiger partial charge in [-0.1, -0.05) is 41.9 Å².